The van der Waals surface area contributed by atoms with E-state index in [1.54, 1.807) is 30.6 Å². The maximum absolute atomic E-state index is 14.2. The normalized spacial score (nSPS) is 14.1. The highest BCUT2D eigenvalue weighted by Gasteiger charge is 2.32. The predicted molar refractivity (Wildman–Crippen MR) is 97.4 cm³/mol. The van der Waals surface area contributed by atoms with Crippen LogP contribution < -0.4 is 5.32 Å². The fraction of sp³-hybridized carbons (Fsp3) is 0.176. The molecule has 4 rings (SSSR count). The summed E-state index contributed by atoms with van der Waals surface area (Å²) in [7, 11) is 0. The predicted octanol–water partition coefficient (Wildman–Crippen LogP) is 4.56. The number of carboxylic acids is 1. The van der Waals surface area contributed by atoms with Gasteiger partial charge in [-0.25, -0.2) is 9.18 Å². The molecule has 0 spiro atoms. The highest BCUT2D eigenvalue weighted by Crippen LogP contribution is 2.43. The second-order valence-electron chi connectivity index (χ2n) is 5.77. The molecule has 2 heterocycles. The molecule has 0 amide bonds. The third kappa shape index (κ3) is 2.52. The first kappa shape index (κ1) is 15.4. The van der Waals surface area contributed by atoms with Crippen molar-refractivity contribution >= 4 is 50.8 Å². The molecule has 0 bridgehead atoms. The molecule has 2 N–H and O–H groups in total. The van der Waals surface area contributed by atoms with Crippen LogP contribution in [0, 0.1) is 9.39 Å². The van der Waals surface area contributed by atoms with Gasteiger partial charge in [0, 0.05) is 27.4 Å². The molecule has 0 saturated heterocycles. The third-order valence-electron chi connectivity index (χ3n) is 4.11. The Hall–Kier alpha value is -2.16. The molecule has 5 nitrogen and oxygen atoms in total. The number of rotatable bonds is 4. The van der Waals surface area contributed by atoms with E-state index in [1.807, 2.05) is 27.2 Å². The molecule has 2 aromatic heterocycles. The summed E-state index contributed by atoms with van der Waals surface area (Å²) >= 11 is 2.03. The largest absolute Gasteiger partial charge is 0.477 e. The lowest BCUT2D eigenvalue weighted by Crippen LogP contribution is -2.09. The summed E-state index contributed by atoms with van der Waals surface area (Å²) in [5.41, 5.74) is 1.59. The van der Waals surface area contributed by atoms with E-state index < -0.39 is 11.8 Å². The minimum absolute atomic E-state index is 0.151. The summed E-state index contributed by atoms with van der Waals surface area (Å²) in [6.07, 6.45) is 5.16. The molecule has 122 valence electrons. The van der Waals surface area contributed by atoms with Gasteiger partial charge in [0.1, 0.15) is 5.82 Å². The molecular formula is C17H13FIN3O2. The van der Waals surface area contributed by atoms with Gasteiger partial charge in [-0.2, -0.15) is 0 Å². The number of aromatic nitrogens is 2. The number of halogens is 2. The minimum atomic E-state index is -1.04. The topological polar surface area (TPSA) is 67.2 Å². The number of benzene rings is 1. The molecule has 0 unspecified atom stereocenters. The Kier molecular flexibility index (Phi) is 3.67. The van der Waals surface area contributed by atoms with Gasteiger partial charge in [0.15, 0.2) is 5.69 Å². The van der Waals surface area contributed by atoms with Crippen LogP contribution in [0.3, 0.4) is 0 Å². The van der Waals surface area contributed by atoms with Gasteiger partial charge in [-0.15, -0.1) is 0 Å². The van der Waals surface area contributed by atoms with Crippen LogP contribution in [0.4, 0.5) is 15.8 Å². The average Bonchev–Trinajstić information content (AvgIpc) is 3.33. The van der Waals surface area contributed by atoms with E-state index in [2.05, 4.69) is 10.3 Å². The molecule has 0 aliphatic heterocycles. The molecule has 7 heteroatoms. The lowest BCUT2D eigenvalue weighted by molar-refractivity contribution is 0.0686. The van der Waals surface area contributed by atoms with Crippen molar-refractivity contribution < 1.29 is 14.3 Å². The molecule has 24 heavy (non-hydrogen) atoms. The van der Waals surface area contributed by atoms with Crippen LogP contribution >= 0.6 is 22.6 Å². The number of pyridine rings is 1. The van der Waals surface area contributed by atoms with Crippen molar-refractivity contribution in [3.63, 3.8) is 0 Å². The maximum atomic E-state index is 14.2. The van der Waals surface area contributed by atoms with Crippen LogP contribution in [-0.2, 0) is 0 Å². The summed E-state index contributed by atoms with van der Waals surface area (Å²) in [5.74, 6) is -1.46. The lowest BCUT2D eigenvalue weighted by atomic mass is 10.2. The highest BCUT2D eigenvalue weighted by molar-refractivity contribution is 14.1. The van der Waals surface area contributed by atoms with Gasteiger partial charge >= 0.3 is 5.97 Å². The smallest absolute Gasteiger partial charge is 0.354 e. The highest BCUT2D eigenvalue weighted by atomic mass is 127. The lowest BCUT2D eigenvalue weighted by Gasteiger charge is -2.10. The van der Waals surface area contributed by atoms with Gasteiger partial charge in [-0.3, -0.25) is 4.98 Å². The molecule has 1 fully saturated rings. The standard InChI is InChI=1S/C17H13FIN3O2/c18-12-7-9(19)1-4-13(12)21-15-11-8-20-6-5-14(11)22(10-2-3-10)16(15)17(23)24/h1,4-8,10,21H,2-3H2,(H,23,24). The van der Waals surface area contributed by atoms with E-state index in [4.69, 9.17) is 0 Å². The molecule has 3 aromatic rings. The number of carbonyl (C=O) groups is 1. The van der Waals surface area contributed by atoms with Crippen LogP contribution in [0.5, 0.6) is 0 Å². The first-order chi connectivity index (χ1) is 11.6. The molecule has 1 aliphatic rings. The Balaban J connectivity index is 1.93. The SMILES string of the molecule is O=C(O)c1c(Nc2ccc(I)cc2F)c2cnccc2n1C1CC1. The Labute approximate surface area is 150 Å². The fourth-order valence-electron chi connectivity index (χ4n) is 2.93. The van der Waals surface area contributed by atoms with Crippen molar-refractivity contribution in [2.75, 3.05) is 5.32 Å². The van der Waals surface area contributed by atoms with Crippen LogP contribution in [0.15, 0.2) is 36.7 Å². The number of anilines is 2. The summed E-state index contributed by atoms with van der Waals surface area (Å²) in [4.78, 5) is 16.0. The molecular weight excluding hydrogens is 424 g/mol. The minimum Gasteiger partial charge on any atom is -0.477 e. The number of nitrogens with one attached hydrogen (secondary N) is 1. The Morgan fingerprint density at radius 1 is 1.38 bits per heavy atom. The van der Waals surface area contributed by atoms with E-state index in [-0.39, 0.29) is 17.4 Å². The van der Waals surface area contributed by atoms with Crippen LogP contribution in [0.25, 0.3) is 10.9 Å². The van der Waals surface area contributed by atoms with Gasteiger partial charge in [-0.05, 0) is 59.7 Å². The molecule has 0 radical (unpaired) electrons. The summed E-state index contributed by atoms with van der Waals surface area (Å²) in [6.45, 7) is 0. The average molecular weight is 437 g/mol. The second-order valence-corrected chi connectivity index (χ2v) is 7.02. The van der Waals surface area contributed by atoms with Crippen LogP contribution in [0.1, 0.15) is 29.4 Å². The zero-order valence-electron chi connectivity index (χ0n) is 12.5. The van der Waals surface area contributed by atoms with Crippen molar-refractivity contribution in [2.45, 2.75) is 18.9 Å². The number of fused-ring (bicyclic) bond motifs is 1. The number of nitrogens with zero attached hydrogens (tertiary/aromatic N) is 2. The maximum Gasteiger partial charge on any atom is 0.354 e. The Bertz CT molecular complexity index is 966. The van der Waals surface area contributed by atoms with E-state index in [1.165, 1.54) is 6.07 Å². The van der Waals surface area contributed by atoms with Gasteiger partial charge in [0.2, 0.25) is 0 Å². The van der Waals surface area contributed by atoms with E-state index in [0.29, 0.717) is 11.1 Å². The molecule has 0 atom stereocenters. The summed E-state index contributed by atoms with van der Waals surface area (Å²) < 4.78 is 16.8. The van der Waals surface area contributed by atoms with Gasteiger partial charge in [0.05, 0.1) is 16.9 Å². The number of hydrogen-bond donors (Lipinski definition) is 2. The van der Waals surface area contributed by atoms with E-state index in [0.717, 1.165) is 21.9 Å². The fourth-order valence-corrected chi connectivity index (χ4v) is 3.39. The Morgan fingerprint density at radius 2 is 2.17 bits per heavy atom. The zero-order chi connectivity index (χ0) is 16.8. The first-order valence-corrected chi connectivity index (χ1v) is 8.57. The molecule has 1 aliphatic carbocycles. The van der Waals surface area contributed by atoms with Crippen molar-refractivity contribution in [2.24, 2.45) is 0 Å². The Morgan fingerprint density at radius 3 is 2.83 bits per heavy atom. The van der Waals surface area contributed by atoms with E-state index >= 15 is 0 Å². The first-order valence-electron chi connectivity index (χ1n) is 7.49. The number of carboxylic acid groups (broad SMARTS) is 1. The summed E-state index contributed by atoms with van der Waals surface area (Å²) in [6, 6.07) is 6.76. The van der Waals surface area contributed by atoms with Crippen LogP contribution in [0.2, 0.25) is 0 Å². The van der Waals surface area contributed by atoms with Crippen molar-refractivity contribution in [3.05, 3.63) is 51.7 Å². The number of aromatic carboxylic acids is 1. The van der Waals surface area contributed by atoms with Crippen molar-refractivity contribution in [1.29, 1.82) is 0 Å². The van der Waals surface area contributed by atoms with Crippen molar-refractivity contribution in [1.82, 2.24) is 9.55 Å². The van der Waals surface area contributed by atoms with Crippen LogP contribution in [-0.4, -0.2) is 20.6 Å². The van der Waals surface area contributed by atoms with E-state index in [9.17, 15) is 14.3 Å². The van der Waals surface area contributed by atoms with Gasteiger partial charge in [0.25, 0.3) is 0 Å². The molecule has 1 aromatic carbocycles. The quantitative estimate of drug-likeness (QED) is 0.588. The third-order valence-corrected chi connectivity index (χ3v) is 4.78. The molecule has 1 saturated carbocycles. The number of hydrogen-bond acceptors (Lipinski definition) is 3. The van der Waals surface area contributed by atoms with Gasteiger partial charge < -0.3 is 15.0 Å². The second kappa shape index (κ2) is 5.73. The van der Waals surface area contributed by atoms with Gasteiger partial charge in [-0.1, -0.05) is 0 Å². The monoisotopic (exact) mass is 437 g/mol. The summed E-state index contributed by atoms with van der Waals surface area (Å²) in [5, 5.41) is 13.4. The zero-order valence-corrected chi connectivity index (χ0v) is 14.6. The van der Waals surface area contributed by atoms with Crippen molar-refractivity contribution in [3.8, 4) is 0 Å².